The van der Waals surface area contributed by atoms with Crippen molar-refractivity contribution in [3.8, 4) is 0 Å². The van der Waals surface area contributed by atoms with Gasteiger partial charge in [0.1, 0.15) is 6.10 Å². The molecule has 3 rings (SSSR count). The normalized spacial score (nSPS) is 23.2. The van der Waals surface area contributed by atoms with Crippen LogP contribution in [-0.2, 0) is 22.6 Å². The van der Waals surface area contributed by atoms with Gasteiger partial charge in [0, 0.05) is 39.0 Å². The van der Waals surface area contributed by atoms with Crippen molar-refractivity contribution in [1.29, 1.82) is 0 Å². The Hall–Kier alpha value is -1.47. The zero-order chi connectivity index (χ0) is 16.1. The maximum absolute atomic E-state index is 12.5. The van der Waals surface area contributed by atoms with Gasteiger partial charge < -0.3 is 15.0 Å². The van der Waals surface area contributed by atoms with Crippen LogP contribution in [0, 0.1) is 5.92 Å². The van der Waals surface area contributed by atoms with Gasteiger partial charge in [0.25, 0.3) is 5.91 Å². The summed E-state index contributed by atoms with van der Waals surface area (Å²) in [6.07, 6.45) is 6.93. The predicted octanol–water partition coefficient (Wildman–Crippen LogP) is 0.805. The van der Waals surface area contributed by atoms with Gasteiger partial charge in [0.2, 0.25) is 0 Å². The lowest BCUT2D eigenvalue weighted by molar-refractivity contribution is -0.148. The van der Waals surface area contributed by atoms with Crippen LogP contribution in [0.1, 0.15) is 37.8 Å². The van der Waals surface area contributed by atoms with Crippen molar-refractivity contribution >= 4 is 5.91 Å². The molecule has 2 saturated heterocycles. The van der Waals surface area contributed by atoms with Gasteiger partial charge in [-0.15, -0.1) is 5.10 Å². The first kappa shape index (κ1) is 16.4. The molecule has 7 nitrogen and oxygen atoms in total. The zero-order valence-corrected chi connectivity index (χ0v) is 13.9. The van der Waals surface area contributed by atoms with E-state index in [1.54, 1.807) is 0 Å². The minimum Gasteiger partial charge on any atom is -0.368 e. The van der Waals surface area contributed by atoms with Gasteiger partial charge in [-0.1, -0.05) is 5.21 Å². The van der Waals surface area contributed by atoms with E-state index in [2.05, 4.69) is 15.6 Å². The van der Waals surface area contributed by atoms with Crippen molar-refractivity contribution in [2.75, 3.05) is 26.7 Å². The molecule has 0 saturated carbocycles. The van der Waals surface area contributed by atoms with E-state index >= 15 is 0 Å². The number of piperidine rings is 1. The largest absolute Gasteiger partial charge is 0.368 e. The second-order valence-electron chi connectivity index (χ2n) is 6.59. The highest BCUT2D eigenvalue weighted by molar-refractivity contribution is 5.81. The van der Waals surface area contributed by atoms with Crippen LogP contribution in [0.4, 0.5) is 0 Å². The number of nitrogens with one attached hydrogen (secondary N) is 1. The van der Waals surface area contributed by atoms with Crippen LogP contribution in [-0.4, -0.2) is 58.6 Å². The standard InChI is InChI=1S/C16H27N5O2/c1-17-10-14-12-21(19-18-14)11-13-5-7-20(8-6-13)16(22)15-4-2-3-9-23-15/h12-13,15,17H,2-11H2,1H3. The Morgan fingerprint density at radius 3 is 2.87 bits per heavy atom. The number of carbonyl (C=O) groups is 1. The lowest BCUT2D eigenvalue weighted by Gasteiger charge is -2.35. The summed E-state index contributed by atoms with van der Waals surface area (Å²) in [5.41, 5.74) is 0.967. The monoisotopic (exact) mass is 321 g/mol. The molecule has 7 heteroatoms. The lowest BCUT2D eigenvalue weighted by Crippen LogP contribution is -2.46. The van der Waals surface area contributed by atoms with Crippen molar-refractivity contribution in [3.63, 3.8) is 0 Å². The number of ether oxygens (including phenoxy) is 1. The number of rotatable bonds is 5. The summed E-state index contributed by atoms with van der Waals surface area (Å²) in [6.45, 7) is 4.03. The molecule has 2 aliphatic heterocycles. The van der Waals surface area contributed by atoms with E-state index in [0.717, 1.165) is 70.6 Å². The molecule has 23 heavy (non-hydrogen) atoms. The molecule has 1 N–H and O–H groups in total. The Balaban J connectivity index is 1.45. The third kappa shape index (κ3) is 4.29. The molecule has 0 aliphatic carbocycles. The minimum absolute atomic E-state index is 0.195. The van der Waals surface area contributed by atoms with Crippen LogP contribution in [0.15, 0.2) is 6.20 Å². The molecular formula is C16H27N5O2. The average molecular weight is 321 g/mol. The van der Waals surface area contributed by atoms with Crippen molar-refractivity contribution in [2.24, 2.45) is 5.92 Å². The Morgan fingerprint density at radius 2 is 2.17 bits per heavy atom. The molecule has 0 bridgehead atoms. The predicted molar refractivity (Wildman–Crippen MR) is 85.7 cm³/mol. The van der Waals surface area contributed by atoms with Gasteiger partial charge in [-0.3, -0.25) is 9.48 Å². The maximum Gasteiger partial charge on any atom is 0.251 e. The van der Waals surface area contributed by atoms with E-state index < -0.39 is 0 Å². The van der Waals surface area contributed by atoms with Crippen LogP contribution in [0.25, 0.3) is 0 Å². The zero-order valence-electron chi connectivity index (χ0n) is 13.9. The van der Waals surface area contributed by atoms with Crippen LogP contribution in [0.5, 0.6) is 0 Å². The number of hydrogen-bond acceptors (Lipinski definition) is 5. The second kappa shape index (κ2) is 7.88. The maximum atomic E-state index is 12.5. The summed E-state index contributed by atoms with van der Waals surface area (Å²) in [7, 11) is 1.90. The number of amides is 1. The fourth-order valence-electron chi connectivity index (χ4n) is 3.43. The Kier molecular flexibility index (Phi) is 5.61. The van der Waals surface area contributed by atoms with Crippen molar-refractivity contribution in [1.82, 2.24) is 25.2 Å². The molecule has 1 amide bonds. The Morgan fingerprint density at radius 1 is 1.35 bits per heavy atom. The Labute approximate surface area is 137 Å². The van der Waals surface area contributed by atoms with E-state index in [1.165, 1.54) is 0 Å². The highest BCUT2D eigenvalue weighted by Gasteiger charge is 2.30. The van der Waals surface area contributed by atoms with Crippen molar-refractivity contribution in [3.05, 3.63) is 11.9 Å². The van der Waals surface area contributed by atoms with Crippen LogP contribution < -0.4 is 5.32 Å². The van der Waals surface area contributed by atoms with E-state index in [-0.39, 0.29) is 12.0 Å². The smallest absolute Gasteiger partial charge is 0.251 e. The van der Waals surface area contributed by atoms with Crippen LogP contribution in [0.3, 0.4) is 0 Å². The molecule has 1 atom stereocenters. The SMILES string of the molecule is CNCc1cn(CC2CCN(C(=O)C3CCCCO3)CC2)nn1. The highest BCUT2D eigenvalue weighted by atomic mass is 16.5. The number of carbonyl (C=O) groups excluding carboxylic acids is 1. The van der Waals surface area contributed by atoms with Gasteiger partial charge in [0.15, 0.2) is 0 Å². The van der Waals surface area contributed by atoms with E-state index in [4.69, 9.17) is 4.74 Å². The summed E-state index contributed by atoms with van der Waals surface area (Å²) >= 11 is 0. The first-order chi connectivity index (χ1) is 11.3. The highest BCUT2D eigenvalue weighted by Crippen LogP contribution is 2.22. The van der Waals surface area contributed by atoms with Crippen molar-refractivity contribution in [2.45, 2.75) is 51.3 Å². The quantitative estimate of drug-likeness (QED) is 0.869. The number of likely N-dealkylation sites (tertiary alicyclic amines) is 1. The number of nitrogens with zero attached hydrogens (tertiary/aromatic N) is 4. The van der Waals surface area contributed by atoms with E-state index in [0.29, 0.717) is 5.92 Å². The molecule has 2 aliphatic rings. The summed E-state index contributed by atoms with van der Waals surface area (Å²) in [5.74, 6) is 0.760. The lowest BCUT2D eigenvalue weighted by atomic mass is 9.96. The summed E-state index contributed by atoms with van der Waals surface area (Å²) < 4.78 is 7.55. The summed E-state index contributed by atoms with van der Waals surface area (Å²) in [6, 6.07) is 0. The third-order valence-electron chi connectivity index (χ3n) is 4.77. The van der Waals surface area contributed by atoms with Crippen LogP contribution in [0.2, 0.25) is 0 Å². The molecule has 3 heterocycles. The molecule has 1 aromatic heterocycles. The molecule has 2 fully saturated rings. The molecule has 0 aromatic carbocycles. The fourth-order valence-corrected chi connectivity index (χ4v) is 3.43. The first-order valence-electron chi connectivity index (χ1n) is 8.70. The van der Waals surface area contributed by atoms with E-state index in [1.807, 2.05) is 22.8 Å². The van der Waals surface area contributed by atoms with E-state index in [9.17, 15) is 4.79 Å². The molecule has 1 aromatic rings. The molecule has 128 valence electrons. The number of hydrogen-bond donors (Lipinski definition) is 1. The minimum atomic E-state index is -0.195. The summed E-state index contributed by atoms with van der Waals surface area (Å²) in [4.78, 5) is 14.4. The van der Waals surface area contributed by atoms with Gasteiger partial charge >= 0.3 is 0 Å². The van der Waals surface area contributed by atoms with Gasteiger partial charge in [-0.05, 0) is 45.1 Å². The van der Waals surface area contributed by atoms with Crippen molar-refractivity contribution < 1.29 is 9.53 Å². The first-order valence-corrected chi connectivity index (χ1v) is 8.70. The number of aromatic nitrogens is 3. The molecule has 0 radical (unpaired) electrons. The molecule has 0 spiro atoms. The molecular weight excluding hydrogens is 294 g/mol. The second-order valence-corrected chi connectivity index (χ2v) is 6.59. The summed E-state index contributed by atoms with van der Waals surface area (Å²) in [5, 5.41) is 11.4. The van der Waals surface area contributed by atoms with Gasteiger partial charge in [-0.25, -0.2) is 0 Å². The van der Waals surface area contributed by atoms with Gasteiger partial charge in [-0.2, -0.15) is 0 Å². The van der Waals surface area contributed by atoms with Gasteiger partial charge in [0.05, 0.1) is 5.69 Å². The Bertz CT molecular complexity index is 504. The third-order valence-corrected chi connectivity index (χ3v) is 4.77. The average Bonchev–Trinajstić information content (AvgIpc) is 3.03. The molecule has 1 unspecified atom stereocenters. The topological polar surface area (TPSA) is 72.3 Å². The fraction of sp³-hybridized carbons (Fsp3) is 0.812. The van der Waals surface area contributed by atoms with Crippen LogP contribution >= 0.6 is 0 Å².